The minimum atomic E-state index is -1.38. The molecule has 3 fully saturated rings. The Balaban J connectivity index is 1.35. The van der Waals surface area contributed by atoms with Gasteiger partial charge in [0.15, 0.2) is 17.3 Å². The van der Waals surface area contributed by atoms with Crippen molar-refractivity contribution in [2.45, 2.75) is 142 Å². The molecule has 2 N–H and O–H groups in total. The lowest BCUT2D eigenvalue weighted by atomic mass is 9.73. The van der Waals surface area contributed by atoms with E-state index in [-0.39, 0.29) is 60.5 Å². The number of amides is 2. The van der Waals surface area contributed by atoms with Crippen molar-refractivity contribution in [3.05, 3.63) is 54.6 Å². The second kappa shape index (κ2) is 19.0. The molecule has 5 rings (SSSR count). The number of nitrogens with one attached hydrogen (secondary N) is 1. The number of aliphatic hydroxyl groups excluding tert-OH is 1. The summed E-state index contributed by atoms with van der Waals surface area (Å²) in [7, 11) is 0. The molecule has 7 atom stereocenters. The van der Waals surface area contributed by atoms with E-state index in [2.05, 4.69) is 15.3 Å². The number of ketones is 3. The second-order valence-corrected chi connectivity index (χ2v) is 16.9. The van der Waals surface area contributed by atoms with Crippen LogP contribution in [0.2, 0.25) is 0 Å². The number of benzene rings is 1. The van der Waals surface area contributed by atoms with Crippen LogP contribution in [0.5, 0.6) is 5.75 Å². The van der Waals surface area contributed by atoms with E-state index in [1.807, 2.05) is 33.8 Å². The van der Waals surface area contributed by atoms with E-state index < -0.39 is 47.1 Å². The molecule has 1 aromatic carbocycles. The molecule has 1 aliphatic heterocycles. The summed E-state index contributed by atoms with van der Waals surface area (Å²) in [5.74, 6) is -2.17. The molecule has 54 heavy (non-hydrogen) atoms. The second-order valence-electron chi connectivity index (χ2n) is 16.9. The van der Waals surface area contributed by atoms with E-state index in [0.29, 0.717) is 25.0 Å². The number of para-hydroxylation sites is 1. The fraction of sp³-hybridized carbons (Fsp3) is 0.651. The van der Waals surface area contributed by atoms with Gasteiger partial charge in [-0.3, -0.25) is 29.0 Å². The zero-order valence-electron chi connectivity index (χ0n) is 32.6. The van der Waals surface area contributed by atoms with E-state index in [0.717, 1.165) is 57.8 Å². The quantitative estimate of drug-likeness (QED) is 0.189. The van der Waals surface area contributed by atoms with Gasteiger partial charge < -0.3 is 20.1 Å². The van der Waals surface area contributed by atoms with E-state index in [4.69, 9.17) is 4.74 Å². The number of hydrogen-bond acceptors (Lipinski definition) is 9. The highest BCUT2D eigenvalue weighted by Crippen LogP contribution is 2.44. The highest BCUT2D eigenvalue weighted by molar-refractivity contribution is 5.98. The summed E-state index contributed by atoms with van der Waals surface area (Å²) in [5.41, 5.74) is -0.487. The van der Waals surface area contributed by atoms with Crippen LogP contribution in [0.15, 0.2) is 48.9 Å². The number of likely N-dealkylation sites (tertiary alicyclic amines) is 1. The first-order valence-electron chi connectivity index (χ1n) is 20.2. The van der Waals surface area contributed by atoms with Crippen LogP contribution in [0, 0.1) is 29.1 Å². The van der Waals surface area contributed by atoms with Gasteiger partial charge in [-0.1, -0.05) is 84.4 Å². The third kappa shape index (κ3) is 10.4. The lowest BCUT2D eigenvalue weighted by Crippen LogP contribution is -2.53. The number of fused-ring (bicyclic) bond motifs is 1. The number of Topliss-reactive ketones (excluding diaryl/α,β-unsaturated/α-hetero) is 3. The van der Waals surface area contributed by atoms with Crippen LogP contribution in [0.3, 0.4) is 0 Å². The van der Waals surface area contributed by atoms with Crippen LogP contribution in [0.1, 0.15) is 128 Å². The summed E-state index contributed by atoms with van der Waals surface area (Å²) in [6, 6.07) is 7.35. The van der Waals surface area contributed by atoms with E-state index in [1.54, 1.807) is 29.2 Å². The number of hydrogen-bond donors (Lipinski definition) is 2. The summed E-state index contributed by atoms with van der Waals surface area (Å²) >= 11 is 0. The first kappa shape index (κ1) is 41.2. The van der Waals surface area contributed by atoms with Crippen molar-refractivity contribution in [2.24, 2.45) is 29.1 Å². The highest BCUT2D eigenvalue weighted by Gasteiger charge is 2.51. The third-order valence-electron chi connectivity index (χ3n) is 12.0. The van der Waals surface area contributed by atoms with Gasteiger partial charge in [-0.2, -0.15) is 0 Å². The lowest BCUT2D eigenvalue weighted by molar-refractivity contribution is -0.149. The van der Waals surface area contributed by atoms with Crippen molar-refractivity contribution < 1.29 is 33.8 Å². The molecule has 1 saturated heterocycles. The monoisotopic (exact) mass is 744 g/mol. The Morgan fingerprint density at radius 3 is 2.30 bits per heavy atom. The molecule has 294 valence electrons. The van der Waals surface area contributed by atoms with Crippen LogP contribution in [-0.4, -0.2) is 80.0 Å². The van der Waals surface area contributed by atoms with Crippen molar-refractivity contribution >= 4 is 29.2 Å². The SMILES string of the molecule is CCC[C@H](CC(=O)[C@@H]1CC2CCCCC2N1C(=O)[C@@H](CC(=O)[C@@H](NC(=O)c1cnccn1)C1CCCCC1)C(C)(C)C)C(O)C(=O)COc1ccccc1. The van der Waals surface area contributed by atoms with Crippen molar-refractivity contribution in [3.63, 3.8) is 0 Å². The minimum Gasteiger partial charge on any atom is -0.486 e. The predicted octanol–water partition coefficient (Wildman–Crippen LogP) is 6.32. The maximum absolute atomic E-state index is 15.0. The normalized spacial score (nSPS) is 22.7. The van der Waals surface area contributed by atoms with Crippen LogP contribution in [-0.2, 0) is 19.2 Å². The Hall–Kier alpha value is -3.99. The van der Waals surface area contributed by atoms with Crippen LogP contribution in [0.4, 0.5) is 0 Å². The zero-order chi connectivity index (χ0) is 38.8. The molecule has 1 aromatic heterocycles. The number of ether oxygens (including phenoxy) is 1. The van der Waals surface area contributed by atoms with Crippen LogP contribution < -0.4 is 10.1 Å². The molecule has 2 saturated carbocycles. The molecule has 2 heterocycles. The Kier molecular flexibility index (Phi) is 14.5. The summed E-state index contributed by atoms with van der Waals surface area (Å²) in [6.45, 7) is 7.52. The number of rotatable bonds is 17. The van der Waals surface area contributed by atoms with Gasteiger partial charge in [-0.05, 0) is 73.8 Å². The molecule has 0 bridgehead atoms. The maximum atomic E-state index is 15.0. The van der Waals surface area contributed by atoms with E-state index in [1.165, 1.54) is 18.6 Å². The van der Waals surface area contributed by atoms with Gasteiger partial charge >= 0.3 is 0 Å². The van der Waals surface area contributed by atoms with Crippen LogP contribution >= 0.6 is 0 Å². The molecule has 11 nitrogen and oxygen atoms in total. The van der Waals surface area contributed by atoms with Crippen LogP contribution in [0.25, 0.3) is 0 Å². The summed E-state index contributed by atoms with van der Waals surface area (Å²) in [6.07, 6.45) is 12.9. The topological polar surface area (TPSA) is 156 Å². The smallest absolute Gasteiger partial charge is 0.272 e. The Morgan fingerprint density at radius 2 is 1.63 bits per heavy atom. The number of carbonyl (C=O) groups is 5. The molecular weight excluding hydrogens is 684 g/mol. The molecule has 2 amide bonds. The molecule has 2 aliphatic carbocycles. The van der Waals surface area contributed by atoms with Gasteiger partial charge in [0.25, 0.3) is 5.91 Å². The first-order chi connectivity index (χ1) is 25.9. The first-order valence-corrected chi connectivity index (χ1v) is 20.2. The molecule has 11 heteroatoms. The number of carbonyl (C=O) groups excluding carboxylic acids is 5. The van der Waals surface area contributed by atoms with Gasteiger partial charge in [-0.15, -0.1) is 0 Å². The van der Waals surface area contributed by atoms with E-state index in [9.17, 15) is 24.3 Å². The van der Waals surface area contributed by atoms with Crippen molar-refractivity contribution in [1.82, 2.24) is 20.2 Å². The summed E-state index contributed by atoms with van der Waals surface area (Å²) < 4.78 is 5.62. The standard InChI is InChI=1S/C43H60N4O7/c1-5-14-30(40(51)38(50)27-54-31-18-10-7-11-19-31)24-36(48)35-23-29-17-12-13-20-34(29)47(35)42(53)32(43(2,3)4)25-37(49)39(28-15-8-6-9-16-28)46-41(52)33-26-44-21-22-45-33/h7,10-11,18-19,21-22,26,28-30,32,34-35,39-40,51H,5-6,8-9,12-17,20,23-25,27H2,1-4H3,(H,46,52)/t29?,30-,32-,34?,35+,39+,40?/m1/s1. The molecule has 0 spiro atoms. The van der Waals surface area contributed by atoms with Crippen molar-refractivity contribution in [3.8, 4) is 5.75 Å². The highest BCUT2D eigenvalue weighted by atomic mass is 16.5. The van der Waals surface area contributed by atoms with Gasteiger partial charge in [-0.25, -0.2) is 4.98 Å². The Morgan fingerprint density at radius 1 is 0.926 bits per heavy atom. The molecule has 2 aromatic rings. The fourth-order valence-electron chi connectivity index (χ4n) is 9.05. The summed E-state index contributed by atoms with van der Waals surface area (Å²) in [5, 5.41) is 14.2. The largest absolute Gasteiger partial charge is 0.486 e. The van der Waals surface area contributed by atoms with Crippen molar-refractivity contribution in [1.29, 1.82) is 0 Å². The molecule has 3 unspecified atom stereocenters. The zero-order valence-corrected chi connectivity index (χ0v) is 32.6. The van der Waals surface area contributed by atoms with Gasteiger partial charge in [0.1, 0.15) is 24.2 Å². The van der Waals surface area contributed by atoms with Crippen molar-refractivity contribution in [2.75, 3.05) is 6.61 Å². The predicted molar refractivity (Wildman–Crippen MR) is 204 cm³/mol. The Labute approximate surface area is 320 Å². The molecule has 3 aliphatic rings. The van der Waals surface area contributed by atoms with E-state index >= 15 is 4.79 Å². The Bertz CT molecular complexity index is 1570. The maximum Gasteiger partial charge on any atom is 0.272 e. The van der Waals surface area contributed by atoms with Gasteiger partial charge in [0, 0.05) is 37.2 Å². The average Bonchev–Trinajstić information content (AvgIpc) is 3.58. The fourth-order valence-corrected chi connectivity index (χ4v) is 9.05. The number of aromatic nitrogens is 2. The van der Waals surface area contributed by atoms with Gasteiger partial charge in [0.2, 0.25) is 5.91 Å². The van der Waals surface area contributed by atoms with Gasteiger partial charge in [0.05, 0.1) is 18.3 Å². The lowest BCUT2D eigenvalue weighted by Gasteiger charge is -2.40. The minimum absolute atomic E-state index is 0.0305. The summed E-state index contributed by atoms with van der Waals surface area (Å²) in [4.78, 5) is 80.2. The average molecular weight is 745 g/mol. The number of nitrogens with zero attached hydrogens (tertiary/aromatic N) is 3. The third-order valence-corrected chi connectivity index (χ3v) is 12.0. The molecular formula is C43H60N4O7. The number of aliphatic hydroxyl groups is 1. The molecule has 0 radical (unpaired) electrons.